The van der Waals surface area contributed by atoms with Gasteiger partial charge in [0.2, 0.25) is 0 Å². The first-order chi connectivity index (χ1) is 20.3. The Kier molecular flexibility index (Phi) is 10.4. The van der Waals surface area contributed by atoms with Crippen LogP contribution >= 0.6 is 22.7 Å². The van der Waals surface area contributed by atoms with E-state index in [0.29, 0.717) is 11.8 Å². The first-order valence-electron chi connectivity index (χ1n) is 17.3. The van der Waals surface area contributed by atoms with Crippen molar-refractivity contribution in [1.29, 1.82) is 0 Å². The van der Waals surface area contributed by atoms with Crippen LogP contribution in [0.4, 0.5) is 0 Å². The molecule has 3 aromatic rings. The first kappa shape index (κ1) is 31.5. The minimum atomic E-state index is 0.570. The van der Waals surface area contributed by atoms with Crippen molar-refractivity contribution < 1.29 is 0 Å². The largest absolute Gasteiger partial charge is 0.139 e. The van der Waals surface area contributed by atoms with Crippen LogP contribution < -0.4 is 0 Å². The molecule has 1 aromatic carbocycles. The maximum absolute atomic E-state index is 2.66. The molecule has 226 valence electrons. The Labute approximate surface area is 265 Å². The topological polar surface area (TPSA) is 0 Å². The smallest absolute Gasteiger partial charge is 0.0430 e. The Morgan fingerprint density at radius 3 is 1.10 bits per heavy atom. The maximum atomic E-state index is 2.66. The molecule has 2 heterocycles. The molecular weight excluding hydrogens is 545 g/mol. The molecule has 0 fully saturated rings. The number of hydrogen-bond donors (Lipinski definition) is 0. The van der Waals surface area contributed by atoms with E-state index in [0.717, 1.165) is 0 Å². The van der Waals surface area contributed by atoms with Crippen molar-refractivity contribution >= 4 is 33.8 Å². The number of unbranched alkanes of at least 4 members (excludes halogenated alkanes) is 4. The highest BCUT2D eigenvalue weighted by atomic mass is 32.1. The number of rotatable bonds is 14. The Morgan fingerprint density at radius 2 is 0.810 bits per heavy atom. The molecule has 2 aromatic heterocycles. The quantitative estimate of drug-likeness (QED) is 0.119. The predicted octanol–water partition coefficient (Wildman–Crippen LogP) is 14.4. The van der Waals surface area contributed by atoms with Crippen LogP contribution in [0.1, 0.15) is 176 Å². The number of benzene rings is 1. The van der Waals surface area contributed by atoms with Gasteiger partial charge in [-0.1, -0.05) is 92.2 Å². The lowest BCUT2D eigenvalue weighted by atomic mass is 9.88. The van der Waals surface area contributed by atoms with Gasteiger partial charge in [-0.05, 0) is 110 Å². The van der Waals surface area contributed by atoms with Crippen LogP contribution in [0.5, 0.6) is 0 Å². The Morgan fingerprint density at radius 1 is 0.476 bits per heavy atom. The minimum Gasteiger partial charge on any atom is -0.139 e. The summed E-state index contributed by atoms with van der Waals surface area (Å²) in [5.41, 5.74) is 15.8. The summed E-state index contributed by atoms with van der Waals surface area (Å²) in [6.45, 7) is 18.8. The van der Waals surface area contributed by atoms with E-state index < -0.39 is 0 Å². The van der Waals surface area contributed by atoms with Gasteiger partial charge in [0, 0.05) is 41.8 Å². The Balaban J connectivity index is 1.80. The molecule has 0 spiro atoms. The number of hydrogen-bond acceptors (Lipinski definition) is 2. The van der Waals surface area contributed by atoms with Crippen LogP contribution in [0.3, 0.4) is 0 Å². The van der Waals surface area contributed by atoms with Gasteiger partial charge in [-0.3, -0.25) is 0 Å². The van der Waals surface area contributed by atoms with E-state index >= 15 is 0 Å². The average molecular weight is 599 g/mol. The van der Waals surface area contributed by atoms with Gasteiger partial charge in [-0.2, -0.15) is 0 Å². The van der Waals surface area contributed by atoms with Gasteiger partial charge >= 0.3 is 0 Å². The standard InChI is InChI=1S/C40H54S2/c1-9-13-17-27(18-14-10-2)37-29-21-32-30(22-31(29)39-33(37)23-35(41-39)25(5)6)38(28(19-15-11-3)20-16-12-4)34-24-36(26(7)8)42-40(32)34/h21-26H,9-20H2,1-8H3. The summed E-state index contributed by atoms with van der Waals surface area (Å²) in [5, 5.41) is 0. The fraction of sp³-hybridized carbons (Fsp3) is 0.550. The van der Waals surface area contributed by atoms with E-state index in [1.54, 1.807) is 33.4 Å². The van der Waals surface area contributed by atoms with E-state index in [9.17, 15) is 0 Å². The Hall–Kier alpha value is -1.90. The maximum Gasteiger partial charge on any atom is 0.0430 e. The molecule has 0 unspecified atom stereocenters. The lowest BCUT2D eigenvalue weighted by molar-refractivity contribution is 0.715. The number of fused-ring (bicyclic) bond motifs is 6. The van der Waals surface area contributed by atoms with E-state index in [1.807, 2.05) is 0 Å². The third-order valence-corrected chi connectivity index (χ3v) is 12.3. The molecule has 0 saturated heterocycles. The van der Waals surface area contributed by atoms with Crippen molar-refractivity contribution in [1.82, 2.24) is 0 Å². The highest BCUT2D eigenvalue weighted by Crippen LogP contribution is 2.58. The molecule has 0 N–H and O–H groups in total. The van der Waals surface area contributed by atoms with Crippen LogP contribution in [0.15, 0.2) is 35.4 Å². The molecule has 0 bridgehead atoms. The zero-order chi connectivity index (χ0) is 30.0. The molecule has 2 aliphatic carbocycles. The summed E-state index contributed by atoms with van der Waals surface area (Å²) < 4.78 is 0. The van der Waals surface area contributed by atoms with E-state index in [1.165, 1.54) is 119 Å². The molecule has 0 radical (unpaired) electrons. The summed E-state index contributed by atoms with van der Waals surface area (Å²) in [4.78, 5) is 6.16. The van der Waals surface area contributed by atoms with Gasteiger partial charge in [-0.25, -0.2) is 0 Å². The summed E-state index contributed by atoms with van der Waals surface area (Å²) in [7, 11) is 0. The average Bonchev–Trinajstić information content (AvgIpc) is 3.72. The molecule has 0 saturated carbocycles. The van der Waals surface area contributed by atoms with E-state index in [4.69, 9.17) is 0 Å². The molecule has 0 nitrogen and oxygen atoms in total. The second-order valence-corrected chi connectivity index (χ2v) is 15.6. The molecule has 42 heavy (non-hydrogen) atoms. The third-order valence-electron chi connectivity index (χ3n) is 9.40. The summed E-state index contributed by atoms with van der Waals surface area (Å²) in [6.07, 6.45) is 15.1. The molecule has 2 aliphatic rings. The van der Waals surface area contributed by atoms with Gasteiger partial charge in [0.05, 0.1) is 0 Å². The summed E-state index contributed by atoms with van der Waals surface area (Å²) in [5.74, 6) is 1.14. The van der Waals surface area contributed by atoms with Crippen molar-refractivity contribution in [2.24, 2.45) is 0 Å². The molecule has 0 atom stereocenters. The highest BCUT2D eigenvalue weighted by Gasteiger charge is 2.35. The summed E-state index contributed by atoms with van der Waals surface area (Å²) >= 11 is 4.14. The lowest BCUT2D eigenvalue weighted by Crippen LogP contribution is -1.96. The Bertz CT molecular complexity index is 1330. The normalized spacial score (nSPS) is 13.3. The lowest BCUT2D eigenvalue weighted by Gasteiger charge is -2.16. The minimum absolute atomic E-state index is 0.570. The second-order valence-electron chi connectivity index (χ2n) is 13.4. The van der Waals surface area contributed by atoms with Crippen LogP contribution in [0.2, 0.25) is 0 Å². The molecular formula is C40H54S2. The highest BCUT2D eigenvalue weighted by molar-refractivity contribution is 7.16. The van der Waals surface area contributed by atoms with E-state index in [2.05, 4.69) is 102 Å². The molecule has 0 aliphatic heterocycles. The van der Waals surface area contributed by atoms with E-state index in [-0.39, 0.29) is 0 Å². The van der Waals surface area contributed by atoms with Gasteiger partial charge in [0.15, 0.2) is 0 Å². The van der Waals surface area contributed by atoms with Gasteiger partial charge < -0.3 is 0 Å². The molecule has 5 rings (SSSR count). The predicted molar refractivity (Wildman–Crippen MR) is 191 cm³/mol. The SMILES string of the molecule is CCCCC(CCCC)=C1c2cc3c(cc2-c2sc(C(C)C)cc21)C(=C(CCCC)CCCC)c1cc(C(C)C)sc1-3. The zero-order valence-electron chi connectivity index (χ0n) is 27.8. The van der Waals surface area contributed by atoms with Crippen LogP contribution in [-0.4, -0.2) is 0 Å². The van der Waals surface area contributed by atoms with Gasteiger partial charge in [0.25, 0.3) is 0 Å². The number of allylic oxidation sites excluding steroid dienone is 2. The summed E-state index contributed by atoms with van der Waals surface area (Å²) in [6, 6.07) is 10.5. The molecule has 2 heteroatoms. The van der Waals surface area contributed by atoms with Gasteiger partial charge in [-0.15, -0.1) is 22.7 Å². The monoisotopic (exact) mass is 598 g/mol. The number of thiophene rings is 2. The third kappa shape index (κ3) is 5.92. The van der Waals surface area contributed by atoms with Crippen molar-refractivity contribution in [2.45, 2.75) is 144 Å². The van der Waals surface area contributed by atoms with Crippen molar-refractivity contribution in [3.63, 3.8) is 0 Å². The van der Waals surface area contributed by atoms with Crippen molar-refractivity contribution in [3.05, 3.63) is 67.4 Å². The second kappa shape index (κ2) is 13.8. The van der Waals surface area contributed by atoms with Crippen LogP contribution in [-0.2, 0) is 0 Å². The van der Waals surface area contributed by atoms with Gasteiger partial charge in [0.1, 0.15) is 0 Å². The first-order valence-corrected chi connectivity index (χ1v) is 18.9. The fourth-order valence-corrected chi connectivity index (χ4v) is 9.31. The zero-order valence-corrected chi connectivity index (χ0v) is 29.4. The van der Waals surface area contributed by atoms with Crippen LogP contribution in [0, 0.1) is 0 Å². The van der Waals surface area contributed by atoms with Crippen molar-refractivity contribution in [2.75, 3.05) is 0 Å². The van der Waals surface area contributed by atoms with Crippen molar-refractivity contribution in [3.8, 4) is 20.9 Å². The fourth-order valence-electron chi connectivity index (χ4n) is 6.91. The van der Waals surface area contributed by atoms with Crippen LogP contribution in [0.25, 0.3) is 32.0 Å². The molecule has 0 amide bonds.